The molecule has 0 radical (unpaired) electrons. The summed E-state index contributed by atoms with van der Waals surface area (Å²) >= 11 is 0. The molecule has 1 saturated heterocycles. The molecule has 9 nitrogen and oxygen atoms in total. The predicted molar refractivity (Wildman–Crippen MR) is 172 cm³/mol. The third kappa shape index (κ3) is 8.26. The molecular formula is C34H36FN7O2. The first-order chi connectivity index (χ1) is 21.3. The first kappa shape index (κ1) is 30.4. The van der Waals surface area contributed by atoms with Crippen LogP contribution in [0.2, 0.25) is 0 Å². The summed E-state index contributed by atoms with van der Waals surface area (Å²) in [5.41, 5.74) is 4.01. The summed E-state index contributed by atoms with van der Waals surface area (Å²) in [5.74, 6) is 1.06. The smallest absolute Gasteiger partial charge is 0.253 e. The van der Waals surface area contributed by atoms with Crippen LogP contribution in [0, 0.1) is 5.82 Å². The number of likely N-dealkylation sites (N-methyl/N-ethyl adjacent to an activating group) is 1. The maximum absolute atomic E-state index is 13.5. The highest BCUT2D eigenvalue weighted by molar-refractivity contribution is 6.00. The number of nitrogens with one attached hydrogen (secondary N) is 2. The SMILES string of the molecule is CN(C)C/C=C/C(=O)Nc1ccc(C(=O)N2CCN(c3ccc(-c4ccnc(NCc5cccc(F)c5)c4)cn3)CC2)cc1. The van der Waals surface area contributed by atoms with Crippen molar-refractivity contribution in [2.24, 2.45) is 0 Å². The van der Waals surface area contributed by atoms with Crippen molar-refractivity contribution in [2.45, 2.75) is 6.54 Å². The molecule has 0 atom stereocenters. The first-order valence-corrected chi connectivity index (χ1v) is 14.5. The number of benzene rings is 2. The Morgan fingerprint density at radius 3 is 2.43 bits per heavy atom. The van der Waals surface area contributed by atoms with Gasteiger partial charge in [0.25, 0.3) is 5.91 Å². The Kier molecular flexibility index (Phi) is 9.93. The van der Waals surface area contributed by atoms with Gasteiger partial charge in [-0.3, -0.25) is 9.59 Å². The summed E-state index contributed by atoms with van der Waals surface area (Å²) in [6.07, 6.45) is 6.88. The Morgan fingerprint density at radius 1 is 0.932 bits per heavy atom. The number of halogens is 1. The lowest BCUT2D eigenvalue weighted by Gasteiger charge is -2.35. The minimum absolute atomic E-state index is 0.0313. The van der Waals surface area contributed by atoms with Gasteiger partial charge in [0.1, 0.15) is 17.5 Å². The van der Waals surface area contributed by atoms with Crippen molar-refractivity contribution in [1.82, 2.24) is 19.8 Å². The molecule has 226 valence electrons. The fourth-order valence-corrected chi connectivity index (χ4v) is 4.86. The van der Waals surface area contributed by atoms with Crippen molar-refractivity contribution < 1.29 is 14.0 Å². The number of carbonyl (C=O) groups is 2. The van der Waals surface area contributed by atoms with Gasteiger partial charge in [-0.15, -0.1) is 0 Å². The van der Waals surface area contributed by atoms with Crippen LogP contribution in [0.4, 0.5) is 21.7 Å². The third-order valence-electron chi connectivity index (χ3n) is 7.23. The van der Waals surface area contributed by atoms with Crippen LogP contribution in [-0.2, 0) is 11.3 Å². The Hall–Kier alpha value is -5.09. The molecule has 0 saturated carbocycles. The molecule has 1 fully saturated rings. The molecule has 0 bridgehead atoms. The Morgan fingerprint density at radius 2 is 1.73 bits per heavy atom. The number of hydrogen-bond donors (Lipinski definition) is 2. The van der Waals surface area contributed by atoms with Gasteiger partial charge in [0, 0.05) is 74.6 Å². The van der Waals surface area contributed by atoms with Gasteiger partial charge in [0.05, 0.1) is 0 Å². The molecule has 44 heavy (non-hydrogen) atoms. The molecule has 3 heterocycles. The van der Waals surface area contributed by atoms with Crippen LogP contribution in [0.25, 0.3) is 11.1 Å². The maximum atomic E-state index is 13.5. The van der Waals surface area contributed by atoms with Crippen LogP contribution in [0.3, 0.4) is 0 Å². The molecule has 1 aliphatic rings. The van der Waals surface area contributed by atoms with Crippen molar-refractivity contribution in [3.63, 3.8) is 0 Å². The molecule has 2 aromatic carbocycles. The highest BCUT2D eigenvalue weighted by Crippen LogP contribution is 2.24. The quantitative estimate of drug-likeness (QED) is 0.252. The van der Waals surface area contributed by atoms with E-state index < -0.39 is 0 Å². The molecule has 4 aromatic rings. The van der Waals surface area contributed by atoms with E-state index in [4.69, 9.17) is 4.98 Å². The lowest BCUT2D eigenvalue weighted by atomic mass is 10.1. The largest absolute Gasteiger partial charge is 0.366 e. The van der Waals surface area contributed by atoms with E-state index in [0.717, 1.165) is 22.5 Å². The van der Waals surface area contributed by atoms with Crippen molar-refractivity contribution >= 4 is 29.1 Å². The molecule has 5 rings (SSSR count). The zero-order chi connectivity index (χ0) is 30.9. The topological polar surface area (TPSA) is 93.7 Å². The maximum Gasteiger partial charge on any atom is 0.253 e. The molecule has 10 heteroatoms. The summed E-state index contributed by atoms with van der Waals surface area (Å²) in [7, 11) is 3.87. The number of rotatable bonds is 10. The van der Waals surface area contributed by atoms with E-state index in [0.29, 0.717) is 56.3 Å². The van der Waals surface area contributed by atoms with Gasteiger partial charge < -0.3 is 25.3 Å². The van der Waals surface area contributed by atoms with E-state index in [1.807, 2.05) is 60.4 Å². The van der Waals surface area contributed by atoms with Gasteiger partial charge in [0.15, 0.2) is 0 Å². The molecule has 0 aliphatic carbocycles. The minimum atomic E-state index is -0.261. The first-order valence-electron chi connectivity index (χ1n) is 14.5. The summed E-state index contributed by atoms with van der Waals surface area (Å²) in [4.78, 5) is 40.3. The van der Waals surface area contributed by atoms with Gasteiger partial charge in [-0.1, -0.05) is 18.2 Å². The number of piperazine rings is 1. The second kappa shape index (κ2) is 14.4. The van der Waals surface area contributed by atoms with E-state index >= 15 is 0 Å². The van der Waals surface area contributed by atoms with Crippen molar-refractivity contribution in [2.75, 3.05) is 62.4 Å². The van der Waals surface area contributed by atoms with E-state index in [1.54, 1.807) is 42.6 Å². The number of anilines is 3. The fourth-order valence-electron chi connectivity index (χ4n) is 4.86. The van der Waals surface area contributed by atoms with Gasteiger partial charge in [-0.2, -0.15) is 0 Å². The van der Waals surface area contributed by atoms with Crippen LogP contribution in [-0.4, -0.2) is 78.4 Å². The normalized spacial score (nSPS) is 13.4. The average Bonchev–Trinajstić information content (AvgIpc) is 3.04. The molecule has 1 aliphatic heterocycles. The molecule has 2 amide bonds. The van der Waals surface area contributed by atoms with Crippen molar-refractivity contribution in [1.29, 1.82) is 0 Å². The van der Waals surface area contributed by atoms with E-state index in [1.165, 1.54) is 18.2 Å². The second-order valence-electron chi connectivity index (χ2n) is 10.8. The van der Waals surface area contributed by atoms with E-state index in [2.05, 4.69) is 20.5 Å². The number of carbonyl (C=O) groups excluding carboxylic acids is 2. The monoisotopic (exact) mass is 593 g/mol. The zero-order valence-electron chi connectivity index (χ0n) is 24.9. The molecular weight excluding hydrogens is 557 g/mol. The molecule has 2 aromatic heterocycles. The number of aromatic nitrogens is 2. The van der Waals surface area contributed by atoms with Crippen molar-refractivity contribution in [3.8, 4) is 11.1 Å². The Labute approximate surface area is 257 Å². The summed E-state index contributed by atoms with van der Waals surface area (Å²) in [5, 5.41) is 6.06. The van der Waals surface area contributed by atoms with Crippen molar-refractivity contribution in [3.05, 3.63) is 114 Å². The molecule has 2 N–H and O–H groups in total. The Bertz CT molecular complexity index is 1600. The number of hydrogen-bond acceptors (Lipinski definition) is 7. The van der Waals surface area contributed by atoms with Crippen LogP contribution in [0.5, 0.6) is 0 Å². The van der Waals surface area contributed by atoms with Crippen LogP contribution in [0.15, 0.2) is 97.3 Å². The Balaban J connectivity index is 1.12. The highest BCUT2D eigenvalue weighted by atomic mass is 19.1. The summed E-state index contributed by atoms with van der Waals surface area (Å²) in [6.45, 7) is 3.67. The number of nitrogens with zero attached hydrogens (tertiary/aromatic N) is 5. The number of amides is 2. The standard InChI is InChI=1S/C34H36FN7O2/c1-40(2)16-4-7-33(43)39-30-11-8-26(9-12-30)34(44)42-19-17-41(18-20-42)32-13-10-28(24-38-32)27-14-15-36-31(22-27)37-23-25-5-3-6-29(35)21-25/h3-15,21-22,24H,16-20,23H2,1-2H3,(H,36,37)(H,39,43)/b7-4+. The molecule has 0 unspecified atom stereocenters. The van der Waals surface area contributed by atoms with Crippen LogP contribution >= 0.6 is 0 Å². The van der Waals surface area contributed by atoms with Crippen LogP contribution in [0.1, 0.15) is 15.9 Å². The lowest BCUT2D eigenvalue weighted by molar-refractivity contribution is -0.111. The highest BCUT2D eigenvalue weighted by Gasteiger charge is 2.23. The van der Waals surface area contributed by atoms with E-state index in [9.17, 15) is 14.0 Å². The van der Waals surface area contributed by atoms with Gasteiger partial charge in [-0.05, 0) is 85.9 Å². The van der Waals surface area contributed by atoms with Crippen LogP contribution < -0.4 is 15.5 Å². The van der Waals surface area contributed by atoms with Gasteiger partial charge >= 0.3 is 0 Å². The van der Waals surface area contributed by atoms with E-state index in [-0.39, 0.29) is 17.6 Å². The fraction of sp³-hybridized carbons (Fsp3) is 0.235. The summed E-state index contributed by atoms with van der Waals surface area (Å²) in [6, 6.07) is 21.4. The lowest BCUT2D eigenvalue weighted by Crippen LogP contribution is -2.49. The van der Waals surface area contributed by atoms with Gasteiger partial charge in [-0.25, -0.2) is 14.4 Å². The summed E-state index contributed by atoms with van der Waals surface area (Å²) < 4.78 is 13.5. The minimum Gasteiger partial charge on any atom is -0.366 e. The predicted octanol–water partition coefficient (Wildman–Crippen LogP) is 4.91. The molecule has 0 spiro atoms. The third-order valence-corrected chi connectivity index (χ3v) is 7.23. The second-order valence-corrected chi connectivity index (χ2v) is 10.8. The number of pyridine rings is 2. The van der Waals surface area contributed by atoms with Gasteiger partial charge in [0.2, 0.25) is 5.91 Å². The average molecular weight is 594 g/mol. The zero-order valence-corrected chi connectivity index (χ0v) is 24.9.